The summed E-state index contributed by atoms with van der Waals surface area (Å²) < 4.78 is 32.8. The molecule has 0 saturated carbocycles. The summed E-state index contributed by atoms with van der Waals surface area (Å²) in [6.07, 6.45) is 0. The van der Waals surface area contributed by atoms with Crippen molar-refractivity contribution in [3.63, 3.8) is 0 Å². The predicted octanol–water partition coefficient (Wildman–Crippen LogP) is 2.97. The molecule has 0 aromatic heterocycles. The molecule has 0 radical (unpaired) electrons. The first kappa shape index (κ1) is 22.0. The van der Waals surface area contributed by atoms with Crippen LogP contribution < -0.4 is 14.8 Å². The van der Waals surface area contributed by atoms with Gasteiger partial charge in [0.05, 0.1) is 28.8 Å². The SMILES string of the molecule is COc1ccc(S(=O)(=O)Nc2cccc(C(=O)Nc3cccc4c3C(=O)N(C)C4=O)c2)cc1. The fraction of sp³-hybridized carbons (Fsp3) is 0.0870. The van der Waals surface area contributed by atoms with Gasteiger partial charge in [0.1, 0.15) is 5.75 Å². The molecule has 4 rings (SSSR count). The monoisotopic (exact) mass is 465 g/mol. The summed E-state index contributed by atoms with van der Waals surface area (Å²) in [6, 6.07) is 16.4. The highest BCUT2D eigenvalue weighted by molar-refractivity contribution is 7.92. The van der Waals surface area contributed by atoms with E-state index in [2.05, 4.69) is 10.0 Å². The minimum Gasteiger partial charge on any atom is -0.497 e. The average Bonchev–Trinajstić information content (AvgIpc) is 3.03. The van der Waals surface area contributed by atoms with Crippen LogP contribution in [-0.4, -0.2) is 45.2 Å². The summed E-state index contributed by atoms with van der Waals surface area (Å²) in [5, 5.41) is 2.63. The van der Waals surface area contributed by atoms with Gasteiger partial charge in [0.25, 0.3) is 27.7 Å². The van der Waals surface area contributed by atoms with Crippen molar-refractivity contribution >= 4 is 39.1 Å². The van der Waals surface area contributed by atoms with Gasteiger partial charge in [-0.25, -0.2) is 8.42 Å². The molecule has 3 amide bonds. The Morgan fingerprint density at radius 3 is 2.33 bits per heavy atom. The molecule has 10 heteroatoms. The fourth-order valence-corrected chi connectivity index (χ4v) is 4.44. The molecule has 0 fully saturated rings. The van der Waals surface area contributed by atoms with Gasteiger partial charge in [0.15, 0.2) is 0 Å². The van der Waals surface area contributed by atoms with E-state index >= 15 is 0 Å². The molecule has 0 aliphatic carbocycles. The largest absolute Gasteiger partial charge is 0.497 e. The highest BCUT2D eigenvalue weighted by Crippen LogP contribution is 2.29. The summed E-state index contributed by atoms with van der Waals surface area (Å²) >= 11 is 0. The van der Waals surface area contributed by atoms with Crippen LogP contribution in [0.5, 0.6) is 5.75 Å². The molecule has 1 aliphatic rings. The lowest BCUT2D eigenvalue weighted by atomic mass is 10.1. The van der Waals surface area contributed by atoms with Gasteiger partial charge in [0, 0.05) is 18.3 Å². The number of imide groups is 1. The van der Waals surface area contributed by atoms with Gasteiger partial charge in [-0.15, -0.1) is 0 Å². The number of carbonyl (C=O) groups excluding carboxylic acids is 3. The molecule has 168 valence electrons. The molecule has 1 heterocycles. The summed E-state index contributed by atoms with van der Waals surface area (Å²) in [5.74, 6) is -0.997. The minimum absolute atomic E-state index is 0.0327. The number of benzene rings is 3. The van der Waals surface area contributed by atoms with Crippen molar-refractivity contribution in [2.45, 2.75) is 4.90 Å². The molecule has 2 N–H and O–H groups in total. The van der Waals surface area contributed by atoms with Crippen molar-refractivity contribution < 1.29 is 27.5 Å². The van der Waals surface area contributed by atoms with Crippen molar-refractivity contribution in [2.24, 2.45) is 0 Å². The first-order chi connectivity index (χ1) is 15.7. The van der Waals surface area contributed by atoms with Gasteiger partial charge in [-0.3, -0.25) is 24.0 Å². The molecule has 0 unspecified atom stereocenters. The molecule has 9 nitrogen and oxygen atoms in total. The third-order valence-corrected chi connectivity index (χ3v) is 6.51. The number of fused-ring (bicyclic) bond motifs is 1. The number of hydrogen-bond acceptors (Lipinski definition) is 6. The molecule has 3 aromatic rings. The van der Waals surface area contributed by atoms with E-state index in [1.54, 1.807) is 6.07 Å². The number of carbonyl (C=O) groups is 3. The Hall–Kier alpha value is -4.18. The lowest BCUT2D eigenvalue weighted by molar-refractivity contribution is 0.0693. The van der Waals surface area contributed by atoms with E-state index in [4.69, 9.17) is 4.74 Å². The van der Waals surface area contributed by atoms with E-state index in [9.17, 15) is 22.8 Å². The number of ether oxygens (including phenoxy) is 1. The van der Waals surface area contributed by atoms with Crippen LogP contribution in [-0.2, 0) is 10.0 Å². The number of anilines is 2. The van der Waals surface area contributed by atoms with Crippen LogP contribution in [0, 0.1) is 0 Å². The van der Waals surface area contributed by atoms with Crippen LogP contribution in [0.25, 0.3) is 0 Å². The zero-order chi connectivity index (χ0) is 23.8. The van der Waals surface area contributed by atoms with Gasteiger partial charge in [-0.2, -0.15) is 0 Å². The van der Waals surface area contributed by atoms with E-state index < -0.39 is 27.7 Å². The van der Waals surface area contributed by atoms with Crippen LogP contribution in [0.2, 0.25) is 0 Å². The number of methoxy groups -OCH3 is 1. The van der Waals surface area contributed by atoms with Crippen LogP contribution in [0.15, 0.2) is 71.6 Å². The lowest BCUT2D eigenvalue weighted by Gasteiger charge is -2.11. The fourth-order valence-electron chi connectivity index (χ4n) is 3.39. The van der Waals surface area contributed by atoms with Crippen molar-refractivity contribution in [3.05, 3.63) is 83.4 Å². The van der Waals surface area contributed by atoms with Crippen LogP contribution >= 0.6 is 0 Å². The van der Waals surface area contributed by atoms with Crippen LogP contribution in [0.4, 0.5) is 11.4 Å². The average molecular weight is 465 g/mol. The van der Waals surface area contributed by atoms with Crippen molar-refractivity contribution in [2.75, 3.05) is 24.2 Å². The molecule has 0 spiro atoms. The summed E-state index contributed by atoms with van der Waals surface area (Å²) in [5.41, 5.74) is 0.871. The third-order valence-electron chi connectivity index (χ3n) is 5.11. The first-order valence-corrected chi connectivity index (χ1v) is 11.2. The quantitative estimate of drug-likeness (QED) is 0.540. The zero-order valence-corrected chi connectivity index (χ0v) is 18.5. The van der Waals surface area contributed by atoms with E-state index in [1.807, 2.05) is 0 Å². The number of nitrogens with one attached hydrogen (secondary N) is 2. The number of hydrogen-bond donors (Lipinski definition) is 2. The Morgan fingerprint density at radius 1 is 0.939 bits per heavy atom. The van der Waals surface area contributed by atoms with Gasteiger partial charge < -0.3 is 10.1 Å². The van der Waals surface area contributed by atoms with Crippen molar-refractivity contribution in [1.29, 1.82) is 0 Å². The summed E-state index contributed by atoms with van der Waals surface area (Å²) in [4.78, 5) is 38.4. The molecule has 0 saturated heterocycles. The van der Waals surface area contributed by atoms with Gasteiger partial charge in [-0.05, 0) is 54.6 Å². The molecule has 1 aliphatic heterocycles. The van der Waals surface area contributed by atoms with Crippen molar-refractivity contribution in [3.8, 4) is 5.75 Å². The second-order valence-electron chi connectivity index (χ2n) is 7.21. The Balaban J connectivity index is 1.56. The van der Waals surface area contributed by atoms with E-state index in [1.165, 1.54) is 74.8 Å². The van der Waals surface area contributed by atoms with E-state index in [-0.39, 0.29) is 33.0 Å². The maximum Gasteiger partial charge on any atom is 0.263 e. The number of nitrogens with zero attached hydrogens (tertiary/aromatic N) is 1. The molecular formula is C23H19N3O6S. The zero-order valence-electron chi connectivity index (χ0n) is 17.7. The molecule has 3 aromatic carbocycles. The molecular weight excluding hydrogens is 446 g/mol. The smallest absolute Gasteiger partial charge is 0.263 e. The van der Waals surface area contributed by atoms with Gasteiger partial charge in [0.2, 0.25) is 0 Å². The highest BCUT2D eigenvalue weighted by Gasteiger charge is 2.35. The molecule has 33 heavy (non-hydrogen) atoms. The maximum atomic E-state index is 12.8. The Labute approximate surface area is 190 Å². The Morgan fingerprint density at radius 2 is 1.64 bits per heavy atom. The van der Waals surface area contributed by atoms with Gasteiger partial charge >= 0.3 is 0 Å². The first-order valence-electron chi connectivity index (χ1n) is 9.75. The van der Waals surface area contributed by atoms with E-state index in [0.29, 0.717) is 5.75 Å². The van der Waals surface area contributed by atoms with E-state index in [0.717, 1.165) is 4.90 Å². The van der Waals surface area contributed by atoms with Crippen LogP contribution in [0.1, 0.15) is 31.1 Å². The lowest BCUT2D eigenvalue weighted by Crippen LogP contribution is -2.24. The highest BCUT2D eigenvalue weighted by atomic mass is 32.2. The summed E-state index contributed by atoms with van der Waals surface area (Å²) in [7, 11) is -1.04. The predicted molar refractivity (Wildman–Crippen MR) is 121 cm³/mol. The Kier molecular flexibility index (Phi) is 5.60. The molecule has 0 atom stereocenters. The van der Waals surface area contributed by atoms with Crippen molar-refractivity contribution in [1.82, 2.24) is 4.90 Å². The third kappa shape index (κ3) is 4.15. The van der Waals surface area contributed by atoms with Crippen LogP contribution in [0.3, 0.4) is 0 Å². The standard InChI is InChI=1S/C23H19N3O6S/c1-26-22(28)18-7-4-8-19(20(18)23(26)29)24-21(27)14-5-3-6-15(13-14)25-33(30,31)17-11-9-16(32-2)10-12-17/h3-13,25H,1-2H3,(H,24,27). The summed E-state index contributed by atoms with van der Waals surface area (Å²) in [6.45, 7) is 0. The topological polar surface area (TPSA) is 122 Å². The molecule has 0 bridgehead atoms. The number of rotatable bonds is 6. The number of amides is 3. The Bertz CT molecular complexity index is 1380. The minimum atomic E-state index is -3.89. The number of sulfonamides is 1. The second kappa shape index (κ2) is 8.40. The second-order valence-corrected chi connectivity index (χ2v) is 8.90. The van der Waals surface area contributed by atoms with Gasteiger partial charge in [-0.1, -0.05) is 12.1 Å². The normalized spacial score (nSPS) is 13.0. The maximum absolute atomic E-state index is 12.8.